The Bertz CT molecular complexity index is 563. The van der Waals surface area contributed by atoms with Crippen molar-refractivity contribution in [2.45, 2.75) is 13.5 Å². The van der Waals surface area contributed by atoms with Gasteiger partial charge < -0.3 is 9.94 Å². The molecule has 0 saturated carbocycles. The number of aromatic nitrogens is 3. The van der Waals surface area contributed by atoms with Crippen LogP contribution in [0.25, 0.3) is 0 Å². The molecule has 2 rings (SSSR count). The molecule has 0 aliphatic carbocycles. The maximum absolute atomic E-state index is 9.34. The minimum absolute atomic E-state index is 0.0810. The lowest BCUT2D eigenvalue weighted by molar-refractivity contribution is 0.213. The quantitative estimate of drug-likeness (QED) is 0.622. The van der Waals surface area contributed by atoms with Gasteiger partial charge in [0.2, 0.25) is 5.82 Å². The van der Waals surface area contributed by atoms with Crippen LogP contribution in [0.15, 0.2) is 29.4 Å². The second-order valence-electron chi connectivity index (χ2n) is 3.68. The van der Waals surface area contributed by atoms with E-state index in [1.807, 2.05) is 24.3 Å². The number of hydrogen-bond donors (Lipinski definition) is 2. The first-order valence-electron chi connectivity index (χ1n) is 5.46. The molecule has 6 nitrogen and oxygen atoms in total. The largest absolute Gasteiger partial charge is 0.399 e. The fourth-order valence-electron chi connectivity index (χ4n) is 1.64. The van der Waals surface area contributed by atoms with E-state index in [0.717, 1.165) is 11.1 Å². The Morgan fingerprint density at radius 1 is 1.44 bits per heavy atom. The molecular formula is C12H14N4O2. The predicted molar refractivity (Wildman–Crippen MR) is 66.1 cm³/mol. The smallest absolute Gasteiger partial charge is 0.203 e. The van der Waals surface area contributed by atoms with E-state index in [1.54, 1.807) is 6.92 Å². The summed E-state index contributed by atoms with van der Waals surface area (Å²) in [7, 11) is 1.46. The van der Waals surface area contributed by atoms with Crippen LogP contribution >= 0.6 is 0 Å². The van der Waals surface area contributed by atoms with Crippen molar-refractivity contribution in [1.82, 2.24) is 15.2 Å². The molecule has 0 fully saturated rings. The van der Waals surface area contributed by atoms with Crippen molar-refractivity contribution in [3.8, 4) is 0 Å². The summed E-state index contributed by atoms with van der Waals surface area (Å²) in [5.74, 6) is 1.13. The number of rotatable bonds is 4. The zero-order valence-electron chi connectivity index (χ0n) is 10.2. The van der Waals surface area contributed by atoms with Crippen molar-refractivity contribution in [2.75, 3.05) is 7.11 Å². The minimum Gasteiger partial charge on any atom is -0.399 e. The van der Waals surface area contributed by atoms with E-state index in [4.69, 9.17) is 4.84 Å². The van der Waals surface area contributed by atoms with E-state index in [-0.39, 0.29) is 6.61 Å². The van der Waals surface area contributed by atoms with E-state index < -0.39 is 0 Å². The molecule has 1 aromatic carbocycles. The van der Waals surface area contributed by atoms with Gasteiger partial charge in [-0.2, -0.15) is 5.10 Å². The van der Waals surface area contributed by atoms with Crippen LogP contribution in [0.1, 0.15) is 22.8 Å². The lowest BCUT2D eigenvalue weighted by Crippen LogP contribution is -2.09. The third-order valence-electron chi connectivity index (χ3n) is 2.43. The lowest BCUT2D eigenvalue weighted by atomic mass is 10.0. The average molecular weight is 246 g/mol. The molecule has 0 unspecified atom stereocenters. The molecule has 0 saturated heterocycles. The highest BCUT2D eigenvalue weighted by molar-refractivity contribution is 6.11. The van der Waals surface area contributed by atoms with Gasteiger partial charge in [-0.25, -0.2) is 4.98 Å². The van der Waals surface area contributed by atoms with Crippen LogP contribution < -0.4 is 0 Å². The van der Waals surface area contributed by atoms with Crippen molar-refractivity contribution >= 4 is 5.71 Å². The summed E-state index contributed by atoms with van der Waals surface area (Å²) in [6, 6.07) is 7.37. The van der Waals surface area contributed by atoms with Gasteiger partial charge in [0.15, 0.2) is 5.71 Å². The Kier molecular flexibility index (Phi) is 3.69. The second-order valence-corrected chi connectivity index (χ2v) is 3.68. The number of aliphatic hydroxyl groups is 1. The van der Waals surface area contributed by atoms with Crippen molar-refractivity contribution in [2.24, 2.45) is 5.16 Å². The highest BCUT2D eigenvalue weighted by Gasteiger charge is 2.16. The zero-order valence-corrected chi connectivity index (χ0v) is 10.2. The van der Waals surface area contributed by atoms with Crippen LogP contribution in [-0.4, -0.2) is 33.1 Å². The molecular weight excluding hydrogens is 232 g/mol. The molecule has 1 aromatic heterocycles. The lowest BCUT2D eigenvalue weighted by Gasteiger charge is -2.06. The van der Waals surface area contributed by atoms with Crippen molar-refractivity contribution in [3.63, 3.8) is 0 Å². The van der Waals surface area contributed by atoms with Gasteiger partial charge in [0, 0.05) is 5.56 Å². The van der Waals surface area contributed by atoms with E-state index in [0.29, 0.717) is 17.4 Å². The third-order valence-corrected chi connectivity index (χ3v) is 2.43. The van der Waals surface area contributed by atoms with Gasteiger partial charge in [0.25, 0.3) is 0 Å². The van der Waals surface area contributed by atoms with E-state index >= 15 is 0 Å². The fourth-order valence-corrected chi connectivity index (χ4v) is 1.64. The summed E-state index contributed by atoms with van der Waals surface area (Å²) in [4.78, 5) is 9.06. The average Bonchev–Trinajstić information content (AvgIpc) is 2.82. The SMILES string of the molecule is CO/N=C(/c1n[nH]c(C)n1)c1ccccc1CO. The molecule has 0 aliphatic rings. The number of aliphatic hydroxyl groups excluding tert-OH is 1. The van der Waals surface area contributed by atoms with Crippen molar-refractivity contribution in [1.29, 1.82) is 0 Å². The molecule has 18 heavy (non-hydrogen) atoms. The molecule has 0 radical (unpaired) electrons. The molecule has 94 valence electrons. The number of nitrogens with zero attached hydrogens (tertiary/aromatic N) is 3. The summed E-state index contributed by atoms with van der Waals surface area (Å²) in [6.45, 7) is 1.72. The van der Waals surface area contributed by atoms with Crippen molar-refractivity contribution in [3.05, 3.63) is 47.0 Å². The van der Waals surface area contributed by atoms with Gasteiger partial charge in [0.05, 0.1) is 6.61 Å². The number of aromatic amines is 1. The van der Waals surface area contributed by atoms with Crippen LogP contribution in [0, 0.1) is 6.92 Å². The molecule has 0 bridgehead atoms. The first kappa shape index (κ1) is 12.3. The van der Waals surface area contributed by atoms with Gasteiger partial charge in [0.1, 0.15) is 12.9 Å². The Hall–Kier alpha value is -2.21. The minimum atomic E-state index is -0.0810. The molecule has 0 aliphatic heterocycles. The second kappa shape index (κ2) is 5.42. The highest BCUT2D eigenvalue weighted by atomic mass is 16.6. The third kappa shape index (κ3) is 2.38. The molecule has 1 heterocycles. The topological polar surface area (TPSA) is 83.4 Å². The number of aryl methyl sites for hydroxylation is 1. The number of H-pyrrole nitrogens is 1. The standard InChI is InChI=1S/C12H14N4O2/c1-8-13-12(15-14-8)11(16-18-2)10-6-4-3-5-9(10)7-17/h3-6,17H,7H2,1-2H3,(H,13,14,15)/b16-11+. The number of oxime groups is 1. The van der Waals surface area contributed by atoms with Gasteiger partial charge in [-0.05, 0) is 12.5 Å². The molecule has 0 amide bonds. The zero-order chi connectivity index (χ0) is 13.0. The molecule has 2 N–H and O–H groups in total. The van der Waals surface area contributed by atoms with Gasteiger partial charge >= 0.3 is 0 Å². The van der Waals surface area contributed by atoms with Gasteiger partial charge in [-0.3, -0.25) is 5.10 Å². The fraction of sp³-hybridized carbons (Fsp3) is 0.250. The summed E-state index contributed by atoms with van der Waals surface area (Å²) in [6.07, 6.45) is 0. The Morgan fingerprint density at radius 3 is 2.83 bits per heavy atom. The Morgan fingerprint density at radius 2 is 2.22 bits per heavy atom. The molecule has 0 spiro atoms. The summed E-state index contributed by atoms with van der Waals surface area (Å²) >= 11 is 0. The first-order chi connectivity index (χ1) is 8.76. The number of hydrogen-bond acceptors (Lipinski definition) is 5. The van der Waals surface area contributed by atoms with E-state index in [1.165, 1.54) is 7.11 Å². The van der Waals surface area contributed by atoms with Crippen LogP contribution in [-0.2, 0) is 11.4 Å². The summed E-state index contributed by atoms with van der Waals surface area (Å²) in [5.41, 5.74) is 1.99. The first-order valence-corrected chi connectivity index (χ1v) is 5.46. The van der Waals surface area contributed by atoms with Crippen LogP contribution in [0.2, 0.25) is 0 Å². The maximum atomic E-state index is 9.34. The highest BCUT2D eigenvalue weighted by Crippen LogP contribution is 2.14. The molecule has 0 atom stereocenters. The van der Waals surface area contributed by atoms with Gasteiger partial charge in [-0.15, -0.1) is 0 Å². The van der Waals surface area contributed by atoms with Crippen LogP contribution in [0.3, 0.4) is 0 Å². The van der Waals surface area contributed by atoms with Crippen LogP contribution in [0.4, 0.5) is 0 Å². The van der Waals surface area contributed by atoms with E-state index in [9.17, 15) is 5.11 Å². The van der Waals surface area contributed by atoms with E-state index in [2.05, 4.69) is 20.3 Å². The maximum Gasteiger partial charge on any atom is 0.203 e. The Labute approximate surface area is 104 Å². The molecule has 6 heteroatoms. The monoisotopic (exact) mass is 246 g/mol. The summed E-state index contributed by atoms with van der Waals surface area (Å²) in [5, 5.41) is 20.1. The van der Waals surface area contributed by atoms with Crippen molar-refractivity contribution < 1.29 is 9.94 Å². The predicted octanol–water partition coefficient (Wildman–Crippen LogP) is 1.00. The molecule has 2 aromatic rings. The number of nitrogens with one attached hydrogen (secondary N) is 1. The Balaban J connectivity index is 2.52. The van der Waals surface area contributed by atoms with Gasteiger partial charge in [-0.1, -0.05) is 29.4 Å². The number of benzene rings is 1. The van der Waals surface area contributed by atoms with Crippen LogP contribution in [0.5, 0.6) is 0 Å². The normalized spacial score (nSPS) is 11.6. The summed E-state index contributed by atoms with van der Waals surface area (Å²) < 4.78 is 0.